The van der Waals surface area contributed by atoms with E-state index in [0.717, 1.165) is 47.9 Å². The largest absolute Gasteiger partial charge is 0.350 e. The van der Waals surface area contributed by atoms with Crippen LogP contribution in [0.15, 0.2) is 78.9 Å². The first kappa shape index (κ1) is 22.5. The molecule has 0 radical (unpaired) electrons. The first-order valence-corrected chi connectivity index (χ1v) is 12.7. The van der Waals surface area contributed by atoms with E-state index in [9.17, 15) is 9.18 Å². The number of H-pyrrole nitrogens is 1. The molecule has 5 heteroatoms. The van der Waals surface area contributed by atoms with Gasteiger partial charge < -0.3 is 5.32 Å². The fourth-order valence-corrected chi connectivity index (χ4v) is 4.92. The van der Waals surface area contributed by atoms with Crippen LogP contribution in [0.4, 0.5) is 4.39 Å². The van der Waals surface area contributed by atoms with Gasteiger partial charge in [0.15, 0.2) is 0 Å². The molecule has 0 aliphatic heterocycles. The van der Waals surface area contributed by atoms with Gasteiger partial charge in [-0.15, -0.1) is 5.10 Å². The highest BCUT2D eigenvalue weighted by molar-refractivity contribution is 6.01. The van der Waals surface area contributed by atoms with Crippen LogP contribution in [0.5, 0.6) is 0 Å². The van der Waals surface area contributed by atoms with E-state index in [1.165, 1.54) is 17.6 Å². The number of aromatic amines is 1. The van der Waals surface area contributed by atoms with E-state index in [1.54, 1.807) is 6.08 Å². The van der Waals surface area contributed by atoms with E-state index >= 15 is 0 Å². The van der Waals surface area contributed by atoms with Gasteiger partial charge in [-0.1, -0.05) is 67.1 Å². The summed E-state index contributed by atoms with van der Waals surface area (Å²) in [7, 11) is 0. The summed E-state index contributed by atoms with van der Waals surface area (Å²) in [5.41, 5.74) is 7.32. The molecule has 0 atom stereocenters. The molecular formula is C31H28FN3O. The molecule has 36 heavy (non-hydrogen) atoms. The third-order valence-electron chi connectivity index (χ3n) is 7.22. The van der Waals surface area contributed by atoms with Crippen LogP contribution in [0.3, 0.4) is 0 Å². The molecule has 2 N–H and O–H groups in total. The Bertz CT molecular complexity index is 1460. The SMILES string of the molecule is O=C(C=Cc1ccc(C(=C(c2ccccc2)C2CCC2)c2ccc3[nH]nc(F)c3c2)cc1)NC1CC1. The molecule has 4 aromatic rings. The van der Waals surface area contributed by atoms with Crippen molar-refractivity contribution in [2.75, 3.05) is 0 Å². The van der Waals surface area contributed by atoms with Crippen LogP contribution in [0.2, 0.25) is 0 Å². The molecule has 3 aromatic carbocycles. The maximum absolute atomic E-state index is 14.4. The van der Waals surface area contributed by atoms with Crippen LogP contribution in [-0.2, 0) is 4.79 Å². The Labute approximate surface area is 209 Å². The smallest absolute Gasteiger partial charge is 0.244 e. The number of nitrogens with one attached hydrogen (secondary N) is 2. The second-order valence-corrected chi connectivity index (χ2v) is 9.80. The predicted molar refractivity (Wildman–Crippen MR) is 142 cm³/mol. The molecule has 2 fully saturated rings. The number of allylic oxidation sites excluding steroid dienone is 1. The summed E-state index contributed by atoms with van der Waals surface area (Å²) in [5, 5.41) is 9.99. The number of carbonyl (C=O) groups excluding carboxylic acids is 1. The number of halogens is 1. The summed E-state index contributed by atoms with van der Waals surface area (Å²) in [4.78, 5) is 12.1. The van der Waals surface area contributed by atoms with Crippen molar-refractivity contribution in [3.05, 3.63) is 107 Å². The van der Waals surface area contributed by atoms with Crippen molar-refractivity contribution >= 4 is 34.0 Å². The Morgan fingerprint density at radius 3 is 2.36 bits per heavy atom. The van der Waals surface area contributed by atoms with Crippen molar-refractivity contribution in [1.29, 1.82) is 0 Å². The quantitative estimate of drug-likeness (QED) is 0.228. The lowest BCUT2D eigenvalue weighted by Crippen LogP contribution is -2.22. The highest BCUT2D eigenvalue weighted by Gasteiger charge is 2.27. The van der Waals surface area contributed by atoms with Crippen LogP contribution in [0.1, 0.15) is 54.4 Å². The van der Waals surface area contributed by atoms with E-state index in [4.69, 9.17) is 0 Å². The number of hydrogen-bond donors (Lipinski definition) is 2. The average Bonchev–Trinajstić information content (AvgIpc) is 3.62. The molecule has 4 nitrogen and oxygen atoms in total. The molecule has 2 aliphatic rings. The van der Waals surface area contributed by atoms with E-state index in [0.29, 0.717) is 22.9 Å². The minimum atomic E-state index is -0.485. The number of benzene rings is 3. The van der Waals surface area contributed by atoms with Gasteiger partial charge in [-0.2, -0.15) is 4.39 Å². The third kappa shape index (κ3) is 4.61. The summed E-state index contributed by atoms with van der Waals surface area (Å²) < 4.78 is 14.4. The molecule has 2 saturated carbocycles. The zero-order valence-electron chi connectivity index (χ0n) is 20.0. The van der Waals surface area contributed by atoms with E-state index in [1.807, 2.05) is 42.5 Å². The Morgan fingerprint density at radius 2 is 1.67 bits per heavy atom. The highest BCUT2D eigenvalue weighted by atomic mass is 19.1. The Kier molecular flexibility index (Phi) is 5.98. The monoisotopic (exact) mass is 477 g/mol. The Hall–Kier alpha value is -3.99. The standard InChI is InChI=1S/C31H28FN3O/c32-31-26-19-24(14-17-27(26)34-35-31)30(29(22-7-4-8-22)21-5-2-1-3-6-21)23-12-9-20(10-13-23)11-18-28(36)33-25-15-16-25/h1-3,5-6,9-14,17-19,22,25H,4,7-8,15-16H2,(H,33,36)(H,34,35). The molecule has 1 amide bonds. The molecule has 0 bridgehead atoms. The summed E-state index contributed by atoms with van der Waals surface area (Å²) in [6.07, 6.45) is 9.10. The van der Waals surface area contributed by atoms with Crippen molar-refractivity contribution in [3.63, 3.8) is 0 Å². The summed E-state index contributed by atoms with van der Waals surface area (Å²) in [6, 6.07) is 25.0. The lowest BCUT2D eigenvalue weighted by Gasteiger charge is -2.31. The van der Waals surface area contributed by atoms with Crippen LogP contribution >= 0.6 is 0 Å². The number of aromatic nitrogens is 2. The van der Waals surface area contributed by atoms with Crippen molar-refractivity contribution in [3.8, 4) is 0 Å². The Morgan fingerprint density at radius 1 is 0.917 bits per heavy atom. The van der Waals surface area contributed by atoms with Crippen LogP contribution in [-0.4, -0.2) is 22.1 Å². The van der Waals surface area contributed by atoms with Gasteiger partial charge in [-0.3, -0.25) is 9.89 Å². The van der Waals surface area contributed by atoms with Gasteiger partial charge in [0.05, 0.1) is 10.9 Å². The van der Waals surface area contributed by atoms with E-state index in [-0.39, 0.29) is 5.91 Å². The number of hydrogen-bond acceptors (Lipinski definition) is 2. The van der Waals surface area contributed by atoms with Gasteiger partial charge in [0, 0.05) is 12.1 Å². The third-order valence-corrected chi connectivity index (χ3v) is 7.22. The van der Waals surface area contributed by atoms with Crippen molar-refractivity contribution < 1.29 is 9.18 Å². The van der Waals surface area contributed by atoms with Crippen molar-refractivity contribution in [1.82, 2.24) is 15.5 Å². The summed E-state index contributed by atoms with van der Waals surface area (Å²) in [6.45, 7) is 0. The summed E-state index contributed by atoms with van der Waals surface area (Å²) in [5.74, 6) is -0.0759. The average molecular weight is 478 g/mol. The van der Waals surface area contributed by atoms with E-state index in [2.05, 4.69) is 51.9 Å². The molecular weight excluding hydrogens is 449 g/mol. The number of carbonyl (C=O) groups is 1. The van der Waals surface area contributed by atoms with Gasteiger partial charge in [0.25, 0.3) is 0 Å². The normalized spacial score (nSPS) is 16.7. The van der Waals surface area contributed by atoms with Crippen molar-refractivity contribution in [2.24, 2.45) is 5.92 Å². The molecule has 180 valence electrons. The highest BCUT2D eigenvalue weighted by Crippen LogP contribution is 2.45. The Balaban J connectivity index is 1.45. The summed E-state index contributed by atoms with van der Waals surface area (Å²) >= 11 is 0. The molecule has 0 spiro atoms. The second kappa shape index (κ2) is 9.57. The molecule has 1 aromatic heterocycles. The molecule has 1 heterocycles. The number of rotatable bonds is 7. The van der Waals surface area contributed by atoms with Gasteiger partial charge in [0.2, 0.25) is 11.9 Å². The van der Waals surface area contributed by atoms with Crippen LogP contribution < -0.4 is 5.32 Å². The van der Waals surface area contributed by atoms with Crippen LogP contribution in [0, 0.1) is 11.9 Å². The topological polar surface area (TPSA) is 57.8 Å². The fourth-order valence-electron chi connectivity index (χ4n) is 4.92. The zero-order valence-corrected chi connectivity index (χ0v) is 20.0. The lowest BCUT2D eigenvalue weighted by atomic mass is 9.73. The maximum Gasteiger partial charge on any atom is 0.244 e. The maximum atomic E-state index is 14.4. The number of fused-ring (bicyclic) bond motifs is 1. The minimum Gasteiger partial charge on any atom is -0.350 e. The molecule has 0 unspecified atom stereocenters. The predicted octanol–water partition coefficient (Wildman–Crippen LogP) is 6.75. The van der Waals surface area contributed by atoms with E-state index < -0.39 is 5.95 Å². The van der Waals surface area contributed by atoms with Crippen molar-refractivity contribution in [2.45, 2.75) is 38.1 Å². The minimum absolute atomic E-state index is 0.0473. The zero-order chi connectivity index (χ0) is 24.5. The lowest BCUT2D eigenvalue weighted by molar-refractivity contribution is -0.116. The molecule has 0 saturated heterocycles. The number of nitrogens with zero attached hydrogens (tertiary/aromatic N) is 1. The van der Waals surface area contributed by atoms with Crippen LogP contribution in [0.25, 0.3) is 28.1 Å². The second-order valence-electron chi connectivity index (χ2n) is 9.80. The van der Waals surface area contributed by atoms with Gasteiger partial charge in [-0.05, 0) is 83.2 Å². The molecule has 2 aliphatic carbocycles. The first-order valence-electron chi connectivity index (χ1n) is 12.7. The van der Waals surface area contributed by atoms with Gasteiger partial charge in [0.1, 0.15) is 0 Å². The molecule has 6 rings (SSSR count). The fraction of sp³-hybridized carbons (Fsp3) is 0.226. The van der Waals surface area contributed by atoms with Gasteiger partial charge >= 0.3 is 0 Å². The van der Waals surface area contributed by atoms with Gasteiger partial charge in [-0.25, -0.2) is 0 Å². The number of amides is 1. The first-order chi connectivity index (χ1) is 17.7.